The van der Waals surface area contributed by atoms with Gasteiger partial charge in [0.2, 0.25) is 0 Å². The van der Waals surface area contributed by atoms with Crippen LogP contribution in [0.25, 0.3) is 0 Å². The van der Waals surface area contributed by atoms with Gasteiger partial charge in [-0.3, -0.25) is 0 Å². The van der Waals surface area contributed by atoms with Crippen molar-refractivity contribution in [1.29, 1.82) is 0 Å². The summed E-state index contributed by atoms with van der Waals surface area (Å²) in [5, 5.41) is 0. The van der Waals surface area contributed by atoms with E-state index in [9.17, 15) is 8.78 Å². The molecule has 0 aromatic heterocycles. The van der Waals surface area contributed by atoms with E-state index in [2.05, 4.69) is 18.7 Å². The van der Waals surface area contributed by atoms with E-state index in [0.29, 0.717) is 12.5 Å². The highest BCUT2D eigenvalue weighted by Gasteiger charge is 2.38. The second kappa shape index (κ2) is 5.83. The molecule has 1 aliphatic heterocycles. The molecule has 1 heterocycles. The molecular formula is C14H25F2NO. The average molecular weight is 261 g/mol. The van der Waals surface area contributed by atoms with Crippen LogP contribution >= 0.6 is 0 Å². The molecule has 106 valence electrons. The lowest BCUT2D eigenvalue weighted by atomic mass is 9.93. The molecule has 0 bridgehead atoms. The number of ether oxygens (including phenoxy) is 1. The Morgan fingerprint density at radius 2 is 1.78 bits per heavy atom. The topological polar surface area (TPSA) is 12.5 Å². The van der Waals surface area contributed by atoms with Crippen molar-refractivity contribution in [3.63, 3.8) is 0 Å². The summed E-state index contributed by atoms with van der Waals surface area (Å²) in [6.07, 6.45) is 3.32. The lowest BCUT2D eigenvalue weighted by molar-refractivity contribution is -0.124. The monoisotopic (exact) mass is 261 g/mol. The highest BCUT2D eigenvalue weighted by molar-refractivity contribution is 4.81. The van der Waals surface area contributed by atoms with E-state index in [4.69, 9.17) is 4.74 Å². The Morgan fingerprint density at radius 3 is 2.33 bits per heavy atom. The Labute approximate surface area is 109 Å². The normalized spacial score (nSPS) is 30.8. The molecule has 0 N–H and O–H groups in total. The summed E-state index contributed by atoms with van der Waals surface area (Å²) in [7, 11) is 0. The lowest BCUT2D eigenvalue weighted by Crippen LogP contribution is -2.43. The summed E-state index contributed by atoms with van der Waals surface area (Å²) in [5.74, 6) is -2.50. The molecular weight excluding hydrogens is 236 g/mol. The van der Waals surface area contributed by atoms with Crippen molar-refractivity contribution in [2.24, 2.45) is 0 Å². The molecule has 1 saturated heterocycles. The van der Waals surface area contributed by atoms with E-state index in [1.807, 2.05) is 0 Å². The molecule has 0 amide bonds. The smallest absolute Gasteiger partial charge is 0.250 e. The van der Waals surface area contributed by atoms with Crippen LogP contribution in [0.5, 0.6) is 0 Å². The van der Waals surface area contributed by atoms with Gasteiger partial charge in [0.15, 0.2) is 0 Å². The molecule has 2 aliphatic rings. The predicted molar refractivity (Wildman–Crippen MR) is 68.0 cm³/mol. The van der Waals surface area contributed by atoms with Gasteiger partial charge in [0.1, 0.15) is 0 Å². The minimum atomic E-state index is -2.50. The van der Waals surface area contributed by atoms with Crippen LogP contribution in [0, 0.1) is 0 Å². The first-order chi connectivity index (χ1) is 8.46. The third-order valence-electron chi connectivity index (χ3n) is 4.19. The zero-order valence-electron chi connectivity index (χ0n) is 11.5. The zero-order valence-corrected chi connectivity index (χ0v) is 11.5. The quantitative estimate of drug-likeness (QED) is 0.771. The maximum absolute atomic E-state index is 13.3. The number of rotatable bonds is 3. The van der Waals surface area contributed by atoms with Crippen LogP contribution in [-0.4, -0.2) is 42.2 Å². The summed E-state index contributed by atoms with van der Waals surface area (Å²) in [6.45, 7) is 6.46. The number of hydrogen-bond donors (Lipinski definition) is 0. The first kappa shape index (κ1) is 14.2. The summed E-state index contributed by atoms with van der Waals surface area (Å²) in [4.78, 5) is 2.43. The summed E-state index contributed by atoms with van der Waals surface area (Å²) in [5.41, 5.74) is 0. The zero-order chi connectivity index (χ0) is 13.2. The largest absolute Gasteiger partial charge is 0.375 e. The Balaban J connectivity index is 1.74. The molecule has 1 unspecified atom stereocenters. The van der Waals surface area contributed by atoms with Crippen molar-refractivity contribution in [2.75, 3.05) is 13.1 Å². The van der Waals surface area contributed by atoms with Gasteiger partial charge in [0.25, 0.3) is 5.92 Å². The number of nitrogens with zero attached hydrogens (tertiary/aromatic N) is 1. The Morgan fingerprint density at radius 1 is 1.11 bits per heavy atom. The molecule has 0 radical (unpaired) electrons. The first-order valence-corrected chi connectivity index (χ1v) is 7.23. The van der Waals surface area contributed by atoms with Crippen LogP contribution in [-0.2, 0) is 4.74 Å². The standard InChI is InChI=1S/C14H25F2NO/c1-11(2)17-8-5-12(6-9-17)18-13-4-3-7-14(15,16)10-13/h11-13H,3-10H2,1-2H3. The van der Waals surface area contributed by atoms with Gasteiger partial charge in [0.05, 0.1) is 12.2 Å². The van der Waals surface area contributed by atoms with Crippen molar-refractivity contribution in [3.05, 3.63) is 0 Å². The molecule has 4 heteroatoms. The third kappa shape index (κ3) is 3.89. The average Bonchev–Trinajstić information content (AvgIpc) is 2.28. The number of halogens is 2. The van der Waals surface area contributed by atoms with Crippen LogP contribution in [0.15, 0.2) is 0 Å². The molecule has 2 nitrogen and oxygen atoms in total. The van der Waals surface area contributed by atoms with Gasteiger partial charge in [-0.2, -0.15) is 0 Å². The second-order valence-corrected chi connectivity index (χ2v) is 6.04. The molecule has 1 atom stereocenters. The van der Waals surface area contributed by atoms with Crippen LogP contribution in [0.4, 0.5) is 8.78 Å². The first-order valence-electron chi connectivity index (χ1n) is 7.23. The van der Waals surface area contributed by atoms with Crippen molar-refractivity contribution in [1.82, 2.24) is 4.90 Å². The Hall–Kier alpha value is -0.220. The summed E-state index contributed by atoms with van der Waals surface area (Å²) < 4.78 is 32.5. The predicted octanol–water partition coefficient (Wildman–Crippen LogP) is 3.45. The van der Waals surface area contributed by atoms with E-state index < -0.39 is 5.92 Å². The fourth-order valence-corrected chi connectivity index (χ4v) is 3.04. The number of likely N-dealkylation sites (tertiary alicyclic amines) is 1. The Kier molecular flexibility index (Phi) is 4.59. The molecule has 2 rings (SSSR count). The van der Waals surface area contributed by atoms with Gasteiger partial charge in [-0.05, 0) is 39.5 Å². The minimum absolute atomic E-state index is 0.0403. The maximum atomic E-state index is 13.3. The van der Waals surface area contributed by atoms with Crippen LogP contribution < -0.4 is 0 Å². The van der Waals surface area contributed by atoms with E-state index in [1.54, 1.807) is 0 Å². The molecule has 1 aliphatic carbocycles. The number of hydrogen-bond acceptors (Lipinski definition) is 2. The van der Waals surface area contributed by atoms with Gasteiger partial charge >= 0.3 is 0 Å². The van der Waals surface area contributed by atoms with E-state index >= 15 is 0 Å². The molecule has 2 fully saturated rings. The summed E-state index contributed by atoms with van der Waals surface area (Å²) in [6, 6.07) is 0.574. The van der Waals surface area contributed by atoms with Gasteiger partial charge in [-0.1, -0.05) is 0 Å². The van der Waals surface area contributed by atoms with Gasteiger partial charge in [0, 0.05) is 32.0 Å². The van der Waals surface area contributed by atoms with Crippen molar-refractivity contribution in [3.8, 4) is 0 Å². The van der Waals surface area contributed by atoms with Crippen molar-refractivity contribution in [2.45, 2.75) is 76.5 Å². The fourth-order valence-electron chi connectivity index (χ4n) is 3.04. The highest BCUT2D eigenvalue weighted by Crippen LogP contribution is 2.35. The SMILES string of the molecule is CC(C)N1CCC(OC2CCCC(F)(F)C2)CC1. The van der Waals surface area contributed by atoms with Crippen LogP contribution in [0.3, 0.4) is 0 Å². The van der Waals surface area contributed by atoms with Crippen molar-refractivity contribution >= 4 is 0 Å². The minimum Gasteiger partial charge on any atom is -0.375 e. The molecule has 18 heavy (non-hydrogen) atoms. The van der Waals surface area contributed by atoms with Gasteiger partial charge in [-0.15, -0.1) is 0 Å². The fraction of sp³-hybridized carbons (Fsp3) is 1.00. The highest BCUT2D eigenvalue weighted by atomic mass is 19.3. The van der Waals surface area contributed by atoms with Gasteiger partial charge in [-0.25, -0.2) is 8.78 Å². The Bertz CT molecular complexity index is 263. The third-order valence-corrected chi connectivity index (χ3v) is 4.19. The lowest BCUT2D eigenvalue weighted by Gasteiger charge is -2.37. The van der Waals surface area contributed by atoms with E-state index in [1.165, 1.54) is 0 Å². The molecule has 0 aromatic rings. The summed E-state index contributed by atoms with van der Waals surface area (Å²) >= 11 is 0. The second-order valence-electron chi connectivity index (χ2n) is 6.04. The van der Waals surface area contributed by atoms with E-state index in [0.717, 1.165) is 32.4 Å². The van der Waals surface area contributed by atoms with Gasteiger partial charge < -0.3 is 9.64 Å². The number of piperidine rings is 1. The number of alkyl halides is 2. The maximum Gasteiger partial charge on any atom is 0.250 e. The van der Waals surface area contributed by atoms with Crippen LogP contribution in [0.1, 0.15) is 52.4 Å². The van der Waals surface area contributed by atoms with Crippen LogP contribution in [0.2, 0.25) is 0 Å². The molecule has 0 spiro atoms. The van der Waals surface area contributed by atoms with E-state index in [-0.39, 0.29) is 25.0 Å². The molecule has 0 aromatic carbocycles. The molecule has 1 saturated carbocycles. The van der Waals surface area contributed by atoms with Crippen molar-refractivity contribution < 1.29 is 13.5 Å².